The number of carbonyl (C=O) groups is 2. The third-order valence-electron chi connectivity index (χ3n) is 3.18. The molecule has 1 heterocycles. The number of hydrogen-bond donors (Lipinski definition) is 1. The van der Waals surface area contributed by atoms with E-state index in [1.165, 1.54) is 6.20 Å². The number of ether oxygens (including phenoxy) is 1. The molecule has 1 aliphatic heterocycles. The van der Waals surface area contributed by atoms with Gasteiger partial charge in [-0.15, -0.1) is 0 Å². The molecule has 0 aromatic heterocycles. The number of hydrogen-bond acceptors (Lipinski definition) is 6. The number of nitriles is 2. The summed E-state index contributed by atoms with van der Waals surface area (Å²) >= 11 is 0. The molecular formula is C14H18N4O3. The van der Waals surface area contributed by atoms with E-state index in [-0.39, 0.29) is 24.0 Å². The lowest BCUT2D eigenvalue weighted by atomic mass is 10.1. The number of carbonyl (C=O) groups excluding carboxylic acids is 2. The lowest BCUT2D eigenvalue weighted by Crippen LogP contribution is -2.54. The molecule has 0 radical (unpaired) electrons. The molecule has 0 bridgehead atoms. The first-order chi connectivity index (χ1) is 10.0. The van der Waals surface area contributed by atoms with Crippen LogP contribution in [0.5, 0.6) is 0 Å². The van der Waals surface area contributed by atoms with E-state index in [9.17, 15) is 9.59 Å². The van der Waals surface area contributed by atoms with Gasteiger partial charge < -0.3 is 15.0 Å². The molecule has 21 heavy (non-hydrogen) atoms. The SMILES string of the molecule is CCC(C)OC(=O)CC1C(=O)NCCN1C=C(C#N)C#N. The topological polar surface area (TPSA) is 106 Å². The molecule has 0 aromatic rings. The molecule has 0 saturated carbocycles. The summed E-state index contributed by atoms with van der Waals surface area (Å²) in [6.45, 7) is 4.50. The molecule has 7 heteroatoms. The summed E-state index contributed by atoms with van der Waals surface area (Å²) in [7, 11) is 0. The second-order valence-electron chi connectivity index (χ2n) is 4.72. The first-order valence-electron chi connectivity index (χ1n) is 6.76. The minimum absolute atomic E-state index is 0.106. The van der Waals surface area contributed by atoms with Crippen molar-refractivity contribution in [1.82, 2.24) is 10.2 Å². The molecule has 0 spiro atoms. The number of esters is 1. The molecule has 2 unspecified atom stereocenters. The van der Waals surface area contributed by atoms with Crippen molar-refractivity contribution in [2.75, 3.05) is 13.1 Å². The van der Waals surface area contributed by atoms with Crippen molar-refractivity contribution in [3.05, 3.63) is 11.8 Å². The average molecular weight is 290 g/mol. The molecule has 1 aliphatic rings. The molecular weight excluding hydrogens is 272 g/mol. The van der Waals surface area contributed by atoms with Crippen LogP contribution < -0.4 is 5.32 Å². The number of allylic oxidation sites excluding steroid dienone is 1. The fourth-order valence-electron chi connectivity index (χ4n) is 1.86. The van der Waals surface area contributed by atoms with Crippen LogP contribution in [0.4, 0.5) is 0 Å². The molecule has 0 aliphatic carbocycles. The maximum atomic E-state index is 11.9. The summed E-state index contributed by atoms with van der Waals surface area (Å²) < 4.78 is 5.16. The van der Waals surface area contributed by atoms with E-state index in [2.05, 4.69) is 5.32 Å². The highest BCUT2D eigenvalue weighted by molar-refractivity contribution is 5.87. The standard InChI is InChI=1S/C14H18N4O3/c1-3-10(2)21-13(19)6-12-14(20)17-4-5-18(12)9-11(7-15)8-16/h9-10,12H,3-6H2,1-2H3,(H,17,20). The van der Waals surface area contributed by atoms with Crippen molar-refractivity contribution in [2.45, 2.75) is 38.8 Å². The van der Waals surface area contributed by atoms with Crippen LogP contribution in [0.15, 0.2) is 11.8 Å². The van der Waals surface area contributed by atoms with Crippen LogP contribution in [0.1, 0.15) is 26.7 Å². The molecule has 1 amide bonds. The van der Waals surface area contributed by atoms with E-state index in [0.29, 0.717) is 19.5 Å². The van der Waals surface area contributed by atoms with Gasteiger partial charge in [0.2, 0.25) is 5.91 Å². The molecule has 0 aromatic carbocycles. The van der Waals surface area contributed by atoms with Crippen molar-refractivity contribution >= 4 is 11.9 Å². The predicted octanol–water partition coefficient (Wildman–Crippen LogP) is 0.450. The van der Waals surface area contributed by atoms with Gasteiger partial charge in [-0.1, -0.05) is 6.92 Å². The summed E-state index contributed by atoms with van der Waals surface area (Å²) in [6.07, 6.45) is 1.69. The maximum Gasteiger partial charge on any atom is 0.308 e. The molecule has 1 rings (SSSR count). The van der Waals surface area contributed by atoms with Gasteiger partial charge in [0.15, 0.2) is 0 Å². The van der Waals surface area contributed by atoms with Gasteiger partial charge in [0.05, 0.1) is 12.5 Å². The average Bonchev–Trinajstić information content (AvgIpc) is 2.47. The van der Waals surface area contributed by atoms with Crippen LogP contribution in [0.3, 0.4) is 0 Å². The van der Waals surface area contributed by atoms with Crippen molar-refractivity contribution in [3.8, 4) is 12.1 Å². The number of nitrogens with one attached hydrogen (secondary N) is 1. The van der Waals surface area contributed by atoms with Crippen molar-refractivity contribution in [1.29, 1.82) is 10.5 Å². The Morgan fingerprint density at radius 1 is 1.57 bits per heavy atom. The lowest BCUT2D eigenvalue weighted by Gasteiger charge is -2.33. The van der Waals surface area contributed by atoms with Gasteiger partial charge in [-0.25, -0.2) is 0 Å². The second kappa shape index (κ2) is 7.91. The minimum Gasteiger partial charge on any atom is -0.463 e. The highest BCUT2D eigenvalue weighted by Gasteiger charge is 2.31. The largest absolute Gasteiger partial charge is 0.463 e. The minimum atomic E-state index is -0.757. The van der Waals surface area contributed by atoms with Gasteiger partial charge in [-0.3, -0.25) is 9.59 Å². The first kappa shape index (κ1) is 16.5. The molecule has 1 fully saturated rings. The summed E-state index contributed by atoms with van der Waals surface area (Å²) in [5.74, 6) is -0.783. The summed E-state index contributed by atoms with van der Waals surface area (Å²) in [6, 6.07) is 2.72. The monoisotopic (exact) mass is 290 g/mol. The van der Waals surface area contributed by atoms with Gasteiger partial charge in [0.1, 0.15) is 23.8 Å². The van der Waals surface area contributed by atoms with E-state index in [4.69, 9.17) is 15.3 Å². The van der Waals surface area contributed by atoms with Gasteiger partial charge in [0.25, 0.3) is 0 Å². The van der Waals surface area contributed by atoms with Crippen LogP contribution in [0.25, 0.3) is 0 Å². The van der Waals surface area contributed by atoms with E-state index in [0.717, 1.165) is 0 Å². The quantitative estimate of drug-likeness (QED) is 0.582. The Morgan fingerprint density at radius 3 is 2.81 bits per heavy atom. The van der Waals surface area contributed by atoms with Crippen LogP contribution in [-0.4, -0.2) is 42.0 Å². The Kier molecular flexibility index (Phi) is 6.22. The van der Waals surface area contributed by atoms with Gasteiger partial charge in [-0.2, -0.15) is 10.5 Å². The normalized spacial score (nSPS) is 18.8. The zero-order valence-electron chi connectivity index (χ0n) is 12.1. The summed E-state index contributed by atoms with van der Waals surface area (Å²) in [5.41, 5.74) is -0.106. The van der Waals surface area contributed by atoms with Crippen LogP contribution in [0, 0.1) is 22.7 Å². The smallest absolute Gasteiger partial charge is 0.308 e. The number of nitrogens with zero attached hydrogens (tertiary/aromatic N) is 3. The van der Waals surface area contributed by atoms with Crippen LogP contribution in [-0.2, 0) is 14.3 Å². The Balaban J connectivity index is 2.81. The molecule has 1 N–H and O–H groups in total. The van der Waals surface area contributed by atoms with Gasteiger partial charge >= 0.3 is 5.97 Å². The van der Waals surface area contributed by atoms with E-state index < -0.39 is 12.0 Å². The lowest BCUT2D eigenvalue weighted by molar-refractivity contribution is -0.152. The highest BCUT2D eigenvalue weighted by Crippen LogP contribution is 2.13. The maximum absolute atomic E-state index is 11.9. The zero-order chi connectivity index (χ0) is 15.8. The van der Waals surface area contributed by atoms with Crippen LogP contribution >= 0.6 is 0 Å². The molecule has 2 atom stereocenters. The Labute approximate surface area is 123 Å². The Hall–Kier alpha value is -2.54. The Bertz CT molecular complexity index is 499. The third kappa shape index (κ3) is 4.81. The predicted molar refractivity (Wildman–Crippen MR) is 73.3 cm³/mol. The number of amides is 1. The highest BCUT2D eigenvalue weighted by atomic mass is 16.5. The summed E-state index contributed by atoms with van der Waals surface area (Å²) in [4.78, 5) is 25.3. The zero-order valence-corrected chi connectivity index (χ0v) is 12.1. The fourth-order valence-corrected chi connectivity index (χ4v) is 1.86. The van der Waals surface area contributed by atoms with Crippen LogP contribution in [0.2, 0.25) is 0 Å². The van der Waals surface area contributed by atoms with Gasteiger partial charge in [0, 0.05) is 19.3 Å². The third-order valence-corrected chi connectivity index (χ3v) is 3.18. The van der Waals surface area contributed by atoms with E-state index >= 15 is 0 Å². The van der Waals surface area contributed by atoms with E-state index in [1.807, 2.05) is 6.92 Å². The summed E-state index contributed by atoms with van der Waals surface area (Å²) in [5, 5.41) is 20.2. The second-order valence-corrected chi connectivity index (χ2v) is 4.72. The molecule has 1 saturated heterocycles. The van der Waals surface area contributed by atoms with Crippen molar-refractivity contribution < 1.29 is 14.3 Å². The number of rotatable bonds is 5. The molecule has 112 valence electrons. The van der Waals surface area contributed by atoms with Gasteiger partial charge in [-0.05, 0) is 13.3 Å². The van der Waals surface area contributed by atoms with E-state index in [1.54, 1.807) is 24.0 Å². The number of piperazine rings is 1. The Morgan fingerprint density at radius 2 is 2.24 bits per heavy atom. The van der Waals surface area contributed by atoms with Crippen molar-refractivity contribution in [3.63, 3.8) is 0 Å². The first-order valence-corrected chi connectivity index (χ1v) is 6.76. The fraction of sp³-hybridized carbons (Fsp3) is 0.571. The van der Waals surface area contributed by atoms with Crippen molar-refractivity contribution in [2.24, 2.45) is 0 Å². The molecule has 7 nitrogen and oxygen atoms in total.